The molecule has 2 heteroatoms. The predicted molar refractivity (Wildman–Crippen MR) is 45.2 cm³/mol. The molecule has 0 unspecified atom stereocenters. The second-order valence-corrected chi connectivity index (χ2v) is 2.87. The quantitative estimate of drug-likeness (QED) is 0.526. The molecule has 0 saturated heterocycles. The summed E-state index contributed by atoms with van der Waals surface area (Å²) >= 11 is 0. The van der Waals surface area contributed by atoms with Crippen LogP contribution in [0.5, 0.6) is 0 Å². The average molecular weight is 179 g/mol. The van der Waals surface area contributed by atoms with Crippen molar-refractivity contribution in [1.82, 2.24) is 0 Å². The molecule has 1 nitrogen and oxygen atoms in total. The van der Waals surface area contributed by atoms with Gasteiger partial charge in [-0.05, 0) is 13.3 Å². The first kappa shape index (κ1) is 13.5. The van der Waals surface area contributed by atoms with Gasteiger partial charge in [-0.25, -0.2) is 0 Å². The lowest BCUT2D eigenvalue weighted by Crippen LogP contribution is -3.00. The predicted octanol–water partition coefficient (Wildman–Crippen LogP) is 0.0524. The van der Waals surface area contributed by atoms with Gasteiger partial charge in [0, 0.05) is 6.42 Å². The van der Waals surface area contributed by atoms with Gasteiger partial charge in [0.25, 0.3) is 0 Å². The molecule has 0 aliphatic carbocycles. The highest BCUT2D eigenvalue weighted by atomic mass is 35.5. The van der Waals surface area contributed by atoms with Crippen LogP contribution >= 0.6 is 0 Å². The van der Waals surface area contributed by atoms with Crippen LogP contribution in [-0.2, 0) is 4.79 Å². The third kappa shape index (κ3) is 13.0. The van der Waals surface area contributed by atoms with Gasteiger partial charge < -0.3 is 17.2 Å². The number of carbonyl (C=O) groups is 1. The first-order valence-electron chi connectivity index (χ1n) is 4.26. The van der Waals surface area contributed by atoms with E-state index in [0.29, 0.717) is 5.78 Å². The molecule has 0 heterocycles. The first-order valence-corrected chi connectivity index (χ1v) is 4.26. The molecule has 68 valence electrons. The summed E-state index contributed by atoms with van der Waals surface area (Å²) in [5.41, 5.74) is 0. The molecule has 0 aromatic rings. The van der Waals surface area contributed by atoms with Gasteiger partial charge in [-0.1, -0.05) is 32.6 Å². The zero-order valence-electron chi connectivity index (χ0n) is 8.53. The SMILES string of the molecule is CCCCCCCC(C)=O.[Cl-].[H+]. The monoisotopic (exact) mass is 178 g/mol. The van der Waals surface area contributed by atoms with Crippen molar-refractivity contribution in [2.75, 3.05) is 0 Å². The van der Waals surface area contributed by atoms with Crippen molar-refractivity contribution in [3.63, 3.8) is 0 Å². The summed E-state index contributed by atoms with van der Waals surface area (Å²) in [6.07, 6.45) is 6.99. The lowest BCUT2D eigenvalue weighted by molar-refractivity contribution is -0.117. The van der Waals surface area contributed by atoms with Gasteiger partial charge in [0.05, 0.1) is 0 Å². The molecule has 0 amide bonds. The van der Waals surface area contributed by atoms with Crippen LogP contribution in [0.25, 0.3) is 0 Å². The number of hydrogen-bond donors (Lipinski definition) is 0. The smallest absolute Gasteiger partial charge is 1.00 e. The zero-order valence-corrected chi connectivity index (χ0v) is 8.28. The molecule has 0 aromatic carbocycles. The Balaban J connectivity index is -0.000000405. The lowest BCUT2D eigenvalue weighted by Gasteiger charge is -1.95. The number of rotatable bonds is 6. The number of carbonyl (C=O) groups excluding carboxylic acids is 1. The van der Waals surface area contributed by atoms with E-state index in [2.05, 4.69) is 6.92 Å². The van der Waals surface area contributed by atoms with Crippen LogP contribution < -0.4 is 12.4 Å². The van der Waals surface area contributed by atoms with E-state index in [4.69, 9.17) is 0 Å². The maximum atomic E-state index is 10.5. The summed E-state index contributed by atoms with van der Waals surface area (Å²) in [5.74, 6) is 0.330. The van der Waals surface area contributed by atoms with E-state index in [1.165, 1.54) is 25.7 Å². The molecule has 0 radical (unpaired) electrons. The Morgan fingerprint density at radius 3 is 2.18 bits per heavy atom. The van der Waals surface area contributed by atoms with Gasteiger partial charge >= 0.3 is 1.43 Å². The molecule has 0 aliphatic heterocycles. The van der Waals surface area contributed by atoms with Crippen LogP contribution in [0.15, 0.2) is 0 Å². The largest absolute Gasteiger partial charge is 1.00 e. The maximum Gasteiger partial charge on any atom is 1.00 e. The Kier molecular flexibility index (Phi) is 12.3. The normalized spacial score (nSPS) is 8.91. The second kappa shape index (κ2) is 9.96. The van der Waals surface area contributed by atoms with Crippen LogP contribution in [0.1, 0.15) is 53.8 Å². The number of unbranched alkanes of at least 4 members (excludes halogenated alkanes) is 4. The van der Waals surface area contributed by atoms with Crippen LogP contribution in [0.4, 0.5) is 0 Å². The second-order valence-electron chi connectivity index (χ2n) is 2.87. The fraction of sp³-hybridized carbons (Fsp3) is 0.889. The Morgan fingerprint density at radius 2 is 1.73 bits per heavy atom. The molecular formula is C9H19ClO. The van der Waals surface area contributed by atoms with Crippen LogP contribution in [0, 0.1) is 0 Å². The zero-order chi connectivity index (χ0) is 7.82. The van der Waals surface area contributed by atoms with Crippen LogP contribution in [0.2, 0.25) is 0 Å². The standard InChI is InChI=1S/C9H18O.ClH/c1-3-4-5-6-7-8-9(2)10;/h3-8H2,1-2H3;1H. The van der Waals surface area contributed by atoms with Gasteiger partial charge in [-0.15, -0.1) is 0 Å². The van der Waals surface area contributed by atoms with Crippen molar-refractivity contribution in [3.8, 4) is 0 Å². The van der Waals surface area contributed by atoms with E-state index >= 15 is 0 Å². The minimum atomic E-state index is 0. The molecular weight excluding hydrogens is 160 g/mol. The van der Waals surface area contributed by atoms with Crippen molar-refractivity contribution in [2.24, 2.45) is 0 Å². The highest BCUT2D eigenvalue weighted by Crippen LogP contribution is 2.04. The van der Waals surface area contributed by atoms with Crippen molar-refractivity contribution < 1.29 is 18.6 Å². The van der Waals surface area contributed by atoms with Gasteiger partial charge in [0.15, 0.2) is 0 Å². The molecule has 0 aromatic heterocycles. The van der Waals surface area contributed by atoms with Gasteiger partial charge in [-0.3, -0.25) is 0 Å². The Bertz CT molecular complexity index is 96.5. The number of hydrogen-bond acceptors (Lipinski definition) is 1. The van der Waals surface area contributed by atoms with Crippen LogP contribution in [0.3, 0.4) is 0 Å². The van der Waals surface area contributed by atoms with Gasteiger partial charge in [-0.2, -0.15) is 0 Å². The molecule has 0 fully saturated rings. The molecule has 0 N–H and O–H groups in total. The third-order valence-corrected chi connectivity index (χ3v) is 1.63. The molecule has 0 atom stereocenters. The first-order chi connectivity index (χ1) is 4.77. The summed E-state index contributed by atoms with van der Waals surface area (Å²) in [6.45, 7) is 3.87. The Hall–Kier alpha value is -0.0400. The Labute approximate surface area is 77.5 Å². The summed E-state index contributed by atoms with van der Waals surface area (Å²) in [5, 5.41) is 0. The van der Waals surface area contributed by atoms with E-state index in [-0.39, 0.29) is 13.8 Å². The summed E-state index contributed by atoms with van der Waals surface area (Å²) in [7, 11) is 0. The van der Waals surface area contributed by atoms with E-state index in [1.807, 2.05) is 0 Å². The molecule has 0 rings (SSSR count). The Morgan fingerprint density at radius 1 is 1.18 bits per heavy atom. The summed E-state index contributed by atoms with van der Waals surface area (Å²) < 4.78 is 0. The average Bonchev–Trinajstić information content (AvgIpc) is 1.87. The molecule has 11 heavy (non-hydrogen) atoms. The topological polar surface area (TPSA) is 17.1 Å². The van der Waals surface area contributed by atoms with E-state index in [1.54, 1.807) is 6.92 Å². The van der Waals surface area contributed by atoms with E-state index < -0.39 is 0 Å². The minimum absolute atomic E-state index is 0. The lowest BCUT2D eigenvalue weighted by atomic mass is 10.1. The molecule has 0 bridgehead atoms. The molecule has 0 aliphatic rings. The van der Waals surface area contributed by atoms with Gasteiger partial charge in [0.2, 0.25) is 0 Å². The van der Waals surface area contributed by atoms with Crippen LogP contribution in [-0.4, -0.2) is 5.78 Å². The fourth-order valence-corrected chi connectivity index (χ4v) is 0.977. The minimum Gasteiger partial charge on any atom is -1.00 e. The molecule has 0 saturated carbocycles. The number of halogens is 1. The number of ketones is 1. The maximum absolute atomic E-state index is 10.5. The van der Waals surface area contributed by atoms with Crippen molar-refractivity contribution in [2.45, 2.75) is 52.4 Å². The highest BCUT2D eigenvalue weighted by molar-refractivity contribution is 5.75. The molecule has 0 spiro atoms. The number of Topliss-reactive ketones (excluding diaryl/α,β-unsaturated/α-hetero) is 1. The van der Waals surface area contributed by atoms with Gasteiger partial charge in [0.1, 0.15) is 5.78 Å². The third-order valence-electron chi connectivity index (χ3n) is 1.63. The fourth-order valence-electron chi connectivity index (χ4n) is 0.977. The van der Waals surface area contributed by atoms with Crippen molar-refractivity contribution in [1.29, 1.82) is 0 Å². The van der Waals surface area contributed by atoms with Crippen molar-refractivity contribution >= 4 is 5.78 Å². The van der Waals surface area contributed by atoms with Crippen molar-refractivity contribution in [3.05, 3.63) is 0 Å². The summed E-state index contributed by atoms with van der Waals surface area (Å²) in [6, 6.07) is 0. The van der Waals surface area contributed by atoms with E-state index in [9.17, 15) is 4.79 Å². The highest BCUT2D eigenvalue weighted by Gasteiger charge is 1.92. The summed E-state index contributed by atoms with van der Waals surface area (Å²) in [4.78, 5) is 10.5. The van der Waals surface area contributed by atoms with E-state index in [0.717, 1.165) is 12.8 Å².